The van der Waals surface area contributed by atoms with Crippen LogP contribution in [0, 0.1) is 27.7 Å². The number of fused-ring (bicyclic) bond motifs is 2. The third kappa shape index (κ3) is 13.4. The van der Waals surface area contributed by atoms with E-state index in [-0.39, 0.29) is 25.0 Å². The van der Waals surface area contributed by atoms with Crippen molar-refractivity contribution in [2.75, 3.05) is 50.2 Å². The average molecular weight is 947 g/mol. The zero-order valence-corrected chi connectivity index (χ0v) is 41.9. The zero-order valence-electron chi connectivity index (χ0n) is 41.9. The van der Waals surface area contributed by atoms with Crippen molar-refractivity contribution < 1.29 is 29.3 Å². The number of methoxy groups -OCH3 is 2. The van der Waals surface area contributed by atoms with Gasteiger partial charge in [-0.25, -0.2) is 19.9 Å². The molecule has 0 fully saturated rings. The van der Waals surface area contributed by atoms with Gasteiger partial charge in [-0.3, -0.25) is 9.59 Å². The fraction of sp³-hybridized carbons (Fsp3) is 0.414. The van der Waals surface area contributed by atoms with Crippen LogP contribution in [0.1, 0.15) is 123 Å². The molecule has 12 heteroatoms. The first kappa shape index (κ1) is 51.4. The molecule has 6 aromatic rings. The first-order valence-electron chi connectivity index (χ1n) is 25.0. The van der Waals surface area contributed by atoms with E-state index in [0.29, 0.717) is 0 Å². The van der Waals surface area contributed by atoms with Crippen molar-refractivity contribution in [1.29, 1.82) is 0 Å². The Labute approximate surface area is 414 Å². The molecule has 12 nitrogen and oxygen atoms in total. The summed E-state index contributed by atoms with van der Waals surface area (Å²) in [7, 11) is 3.49. The molecule has 70 heavy (non-hydrogen) atoms. The topological polar surface area (TPSA) is 151 Å². The third-order valence-electron chi connectivity index (χ3n) is 13.3. The largest absolute Gasteiger partial charge is 0.481 e. The van der Waals surface area contributed by atoms with Crippen molar-refractivity contribution in [2.24, 2.45) is 0 Å². The second kappa shape index (κ2) is 24.9. The molecular weight excluding hydrogens is 877 g/mol. The lowest BCUT2D eigenvalue weighted by atomic mass is 10.00. The molecule has 0 bridgehead atoms. The van der Waals surface area contributed by atoms with Crippen molar-refractivity contribution in [3.05, 3.63) is 131 Å². The molecule has 2 atom stereocenters. The van der Waals surface area contributed by atoms with Gasteiger partial charge in [0.2, 0.25) is 0 Å². The number of ether oxygens (including phenoxy) is 2. The smallest absolute Gasteiger partial charge is 0.303 e. The molecule has 4 heterocycles. The van der Waals surface area contributed by atoms with E-state index < -0.39 is 11.9 Å². The maximum absolute atomic E-state index is 10.8. The first-order chi connectivity index (χ1) is 33.9. The van der Waals surface area contributed by atoms with E-state index in [9.17, 15) is 9.59 Å². The van der Waals surface area contributed by atoms with Gasteiger partial charge in [0.05, 0.1) is 22.8 Å². The van der Waals surface area contributed by atoms with Gasteiger partial charge in [0.25, 0.3) is 0 Å². The molecule has 4 aromatic carbocycles. The Balaban J connectivity index is 0.000000206. The highest BCUT2D eigenvalue weighted by Crippen LogP contribution is 2.41. The lowest BCUT2D eigenvalue weighted by Gasteiger charge is -2.34. The number of rotatable bonds is 20. The monoisotopic (exact) mass is 947 g/mol. The van der Waals surface area contributed by atoms with Gasteiger partial charge in [0, 0.05) is 75.5 Å². The number of carboxylic acid groups (broad SMARTS) is 2. The summed E-state index contributed by atoms with van der Waals surface area (Å²) >= 11 is 0. The van der Waals surface area contributed by atoms with E-state index in [1.165, 1.54) is 22.3 Å². The quantitative estimate of drug-likeness (QED) is 0.0701. The predicted molar refractivity (Wildman–Crippen MR) is 279 cm³/mol. The van der Waals surface area contributed by atoms with Gasteiger partial charge in [-0.05, 0) is 66.2 Å². The Kier molecular flexibility index (Phi) is 18.2. The van der Waals surface area contributed by atoms with Crippen LogP contribution in [0.2, 0.25) is 0 Å². The Morgan fingerprint density at radius 1 is 0.457 bits per heavy atom. The minimum atomic E-state index is -0.719. The van der Waals surface area contributed by atoms with Crippen LogP contribution in [0.25, 0.3) is 45.0 Å². The molecule has 2 N–H and O–H groups in total. The first-order valence-corrected chi connectivity index (χ1v) is 25.0. The maximum atomic E-state index is 10.8. The number of carbonyl (C=O) groups is 2. The van der Waals surface area contributed by atoms with E-state index in [4.69, 9.17) is 39.6 Å². The molecule has 368 valence electrons. The van der Waals surface area contributed by atoms with Gasteiger partial charge in [0.1, 0.15) is 23.6 Å². The molecule has 2 aliphatic heterocycles. The van der Waals surface area contributed by atoms with Gasteiger partial charge < -0.3 is 29.5 Å². The summed E-state index contributed by atoms with van der Waals surface area (Å²) in [6, 6.07) is 33.8. The lowest BCUT2D eigenvalue weighted by Crippen LogP contribution is -2.34. The van der Waals surface area contributed by atoms with Crippen molar-refractivity contribution in [3.63, 3.8) is 0 Å². The van der Waals surface area contributed by atoms with E-state index >= 15 is 0 Å². The normalized spacial score (nSPS) is 15.2. The van der Waals surface area contributed by atoms with E-state index in [2.05, 4.69) is 135 Å². The van der Waals surface area contributed by atoms with Gasteiger partial charge in [0.15, 0.2) is 11.6 Å². The van der Waals surface area contributed by atoms with Gasteiger partial charge in [-0.2, -0.15) is 0 Å². The minimum absolute atomic E-state index is 0.0828. The molecular formula is C58H70N6O6. The van der Waals surface area contributed by atoms with Crippen molar-refractivity contribution >= 4 is 23.6 Å². The highest BCUT2D eigenvalue weighted by molar-refractivity contribution is 5.81. The zero-order chi connectivity index (χ0) is 49.6. The SMILES string of the molecule is CO[C@@H]1CCN(CCCCCCC(=O)O)c2nc(-c3ccc(C)cc3)c(-c3ccc(C)cc3)nc21.CO[C@H]1CCN(CCCCCCC(=O)O)c2nc(-c3ccc(C)cc3)c(-c3ccc(C)cc3)nc21. The number of benzene rings is 4. The molecule has 0 aliphatic carbocycles. The molecule has 0 saturated carbocycles. The standard InChI is InChI=1S/2C29H35N3O3/c2*1-20-9-13-22(14-10-20)26-27(23-15-11-21(2)12-16-23)31-29-28(30-26)24(35-3)17-19-32(29)18-7-5-4-6-8-25(33)34/h2*9-16,24H,4-8,17-19H2,1-3H3,(H,33,34)/t2*24-/m10/s1. The lowest BCUT2D eigenvalue weighted by molar-refractivity contribution is -0.138. The van der Waals surface area contributed by atoms with E-state index in [1.54, 1.807) is 14.2 Å². The fourth-order valence-electron chi connectivity index (χ4n) is 9.22. The molecule has 8 rings (SSSR count). The number of hydrogen-bond acceptors (Lipinski definition) is 10. The highest BCUT2D eigenvalue weighted by Gasteiger charge is 2.32. The molecule has 0 spiro atoms. The van der Waals surface area contributed by atoms with Crippen molar-refractivity contribution in [3.8, 4) is 45.0 Å². The summed E-state index contributed by atoms with van der Waals surface area (Å²) < 4.78 is 11.7. The number of aromatic nitrogens is 4. The van der Waals surface area contributed by atoms with Crippen LogP contribution in [0.15, 0.2) is 97.1 Å². The van der Waals surface area contributed by atoms with Crippen molar-refractivity contribution in [2.45, 2.75) is 117 Å². The highest BCUT2D eigenvalue weighted by atomic mass is 16.5. The molecule has 0 unspecified atom stereocenters. The fourth-order valence-corrected chi connectivity index (χ4v) is 9.22. The number of hydrogen-bond donors (Lipinski definition) is 2. The van der Waals surface area contributed by atoms with Crippen LogP contribution >= 0.6 is 0 Å². The second-order valence-corrected chi connectivity index (χ2v) is 18.8. The average Bonchev–Trinajstić information content (AvgIpc) is 3.36. The van der Waals surface area contributed by atoms with Gasteiger partial charge in [-0.15, -0.1) is 0 Å². The summed E-state index contributed by atoms with van der Waals surface area (Å²) in [5.74, 6) is 0.368. The van der Waals surface area contributed by atoms with Gasteiger partial charge >= 0.3 is 11.9 Å². The molecule has 2 aliphatic rings. The van der Waals surface area contributed by atoms with E-state index in [1.807, 2.05) is 0 Å². The molecule has 0 saturated heterocycles. The van der Waals surface area contributed by atoms with Gasteiger partial charge in [-0.1, -0.05) is 145 Å². The number of anilines is 2. The minimum Gasteiger partial charge on any atom is -0.481 e. The number of carboxylic acids is 2. The number of nitrogens with zero attached hydrogens (tertiary/aromatic N) is 6. The summed E-state index contributed by atoms with van der Waals surface area (Å²) in [5.41, 5.74) is 14.4. The van der Waals surface area contributed by atoms with Crippen LogP contribution in [-0.2, 0) is 19.1 Å². The van der Waals surface area contributed by atoms with Crippen LogP contribution in [0.5, 0.6) is 0 Å². The van der Waals surface area contributed by atoms with E-state index in [0.717, 1.165) is 158 Å². The maximum Gasteiger partial charge on any atom is 0.303 e. The molecule has 0 amide bonds. The Hall–Kier alpha value is -6.50. The second-order valence-electron chi connectivity index (χ2n) is 18.8. The third-order valence-corrected chi connectivity index (χ3v) is 13.3. The number of aryl methyl sites for hydroxylation is 4. The van der Waals surface area contributed by atoms with Crippen LogP contribution < -0.4 is 9.80 Å². The molecule has 0 radical (unpaired) electrons. The predicted octanol–water partition coefficient (Wildman–Crippen LogP) is 12.7. The number of aliphatic carboxylic acids is 2. The summed E-state index contributed by atoms with van der Waals surface area (Å²) in [4.78, 5) is 47.0. The Morgan fingerprint density at radius 3 is 1.03 bits per heavy atom. The summed E-state index contributed by atoms with van der Waals surface area (Å²) in [5, 5.41) is 17.7. The number of unbranched alkanes of at least 4 members (excludes halogenated alkanes) is 6. The Morgan fingerprint density at radius 2 is 0.743 bits per heavy atom. The van der Waals surface area contributed by atoms with Crippen LogP contribution in [0.3, 0.4) is 0 Å². The van der Waals surface area contributed by atoms with Crippen molar-refractivity contribution in [1.82, 2.24) is 19.9 Å². The Bertz CT molecular complexity index is 2470. The summed E-state index contributed by atoms with van der Waals surface area (Å²) in [6.07, 6.45) is 9.40. The van der Waals surface area contributed by atoms with Crippen LogP contribution in [-0.4, -0.2) is 82.5 Å². The molecule has 2 aromatic heterocycles. The summed E-state index contributed by atoms with van der Waals surface area (Å²) in [6.45, 7) is 11.8. The van der Waals surface area contributed by atoms with Crippen LogP contribution in [0.4, 0.5) is 11.6 Å².